The number of carbonyl (C=O) groups is 2. The average molecular weight is 299 g/mol. The Bertz CT molecular complexity index is 596. The highest BCUT2D eigenvalue weighted by molar-refractivity contribution is 6.06. The lowest BCUT2D eigenvalue weighted by molar-refractivity contribution is -0.145. The van der Waals surface area contributed by atoms with E-state index in [1.807, 2.05) is 38.1 Å². The minimum Gasteiger partial charge on any atom is -0.373 e. The molecule has 0 aromatic heterocycles. The van der Waals surface area contributed by atoms with Crippen molar-refractivity contribution in [1.82, 2.24) is 4.90 Å². The Morgan fingerprint density at radius 3 is 2.14 bits per heavy atom. The van der Waals surface area contributed by atoms with Gasteiger partial charge in [-0.25, -0.2) is 0 Å². The van der Waals surface area contributed by atoms with Crippen LogP contribution in [0, 0.1) is 18.8 Å². The summed E-state index contributed by atoms with van der Waals surface area (Å²) in [6.45, 7) is 4.07. The largest absolute Gasteiger partial charge is 0.373 e. The fraction of sp³-hybridized carbons (Fsp3) is 0.556. The number of nitrogens with zero attached hydrogens (tertiary/aromatic N) is 1. The average Bonchev–Trinajstić information content (AvgIpc) is 3.18. The molecule has 0 spiro atoms. The third-order valence-corrected chi connectivity index (χ3v) is 5.48. The predicted molar refractivity (Wildman–Crippen MR) is 80.9 cm³/mol. The van der Waals surface area contributed by atoms with E-state index in [4.69, 9.17) is 4.74 Å². The fourth-order valence-electron chi connectivity index (χ4n) is 4.40. The number of amides is 2. The number of imide groups is 1. The lowest BCUT2D eigenvalue weighted by Crippen LogP contribution is -2.37. The highest BCUT2D eigenvalue weighted by Gasteiger charge is 2.63. The smallest absolute Gasteiger partial charge is 0.236 e. The first-order chi connectivity index (χ1) is 10.6. The summed E-state index contributed by atoms with van der Waals surface area (Å²) in [6, 6.07) is 7.99. The van der Waals surface area contributed by atoms with Crippen molar-refractivity contribution < 1.29 is 14.3 Å². The maximum atomic E-state index is 12.9. The second-order valence-electron chi connectivity index (χ2n) is 6.72. The molecule has 0 unspecified atom stereocenters. The summed E-state index contributed by atoms with van der Waals surface area (Å²) in [4.78, 5) is 27.2. The summed E-state index contributed by atoms with van der Waals surface area (Å²) in [6.07, 6.45) is 2.51. The monoisotopic (exact) mass is 299 g/mol. The SMILES string of the molecule is CC[C@H](c1ccc(C)cc1)N1C(=O)[C@@H]2[C@H](C1=O)[C@@H]1CC[C@@H]2O1. The Morgan fingerprint density at radius 2 is 1.64 bits per heavy atom. The van der Waals surface area contributed by atoms with Crippen molar-refractivity contribution in [2.45, 2.75) is 51.4 Å². The first-order valence-electron chi connectivity index (χ1n) is 8.20. The molecule has 1 aromatic carbocycles. The first kappa shape index (κ1) is 13.9. The zero-order valence-electron chi connectivity index (χ0n) is 13.0. The Morgan fingerprint density at radius 1 is 1.09 bits per heavy atom. The number of carbonyl (C=O) groups excluding carboxylic acids is 2. The summed E-state index contributed by atoms with van der Waals surface area (Å²) < 4.78 is 5.79. The normalized spacial score (nSPS) is 34.4. The Labute approximate surface area is 130 Å². The molecule has 1 aromatic rings. The quantitative estimate of drug-likeness (QED) is 0.806. The van der Waals surface area contributed by atoms with E-state index in [2.05, 4.69) is 0 Å². The van der Waals surface area contributed by atoms with Gasteiger partial charge in [0.1, 0.15) is 0 Å². The molecule has 0 N–H and O–H groups in total. The minimum atomic E-state index is -0.231. The van der Waals surface area contributed by atoms with Crippen molar-refractivity contribution in [2.75, 3.05) is 0 Å². The maximum Gasteiger partial charge on any atom is 0.236 e. The first-order valence-corrected chi connectivity index (χ1v) is 8.20. The highest BCUT2D eigenvalue weighted by atomic mass is 16.5. The van der Waals surface area contributed by atoms with Crippen LogP contribution in [0.4, 0.5) is 0 Å². The van der Waals surface area contributed by atoms with Gasteiger partial charge in [0.05, 0.1) is 30.1 Å². The van der Waals surface area contributed by atoms with Gasteiger partial charge in [-0.05, 0) is 31.7 Å². The molecule has 0 radical (unpaired) electrons. The van der Waals surface area contributed by atoms with Crippen LogP contribution in [0.1, 0.15) is 43.4 Å². The summed E-state index contributed by atoms with van der Waals surface area (Å²) >= 11 is 0. The molecule has 3 fully saturated rings. The molecule has 2 bridgehead atoms. The maximum absolute atomic E-state index is 12.9. The van der Waals surface area contributed by atoms with Gasteiger partial charge < -0.3 is 4.74 Å². The van der Waals surface area contributed by atoms with E-state index in [0.717, 1.165) is 24.8 Å². The second-order valence-corrected chi connectivity index (χ2v) is 6.72. The summed E-state index contributed by atoms with van der Waals surface area (Å²) in [5.74, 6) is -0.499. The summed E-state index contributed by atoms with van der Waals surface area (Å²) in [5, 5.41) is 0. The van der Waals surface area contributed by atoms with E-state index in [1.54, 1.807) is 0 Å². The van der Waals surface area contributed by atoms with Crippen LogP contribution in [-0.2, 0) is 14.3 Å². The van der Waals surface area contributed by atoms with Crippen molar-refractivity contribution in [2.24, 2.45) is 11.8 Å². The van der Waals surface area contributed by atoms with E-state index < -0.39 is 0 Å². The molecule has 3 aliphatic rings. The van der Waals surface area contributed by atoms with Gasteiger partial charge in [0.25, 0.3) is 0 Å². The molecule has 2 amide bonds. The van der Waals surface area contributed by atoms with Crippen molar-refractivity contribution in [3.05, 3.63) is 35.4 Å². The Hall–Kier alpha value is -1.68. The zero-order valence-corrected chi connectivity index (χ0v) is 13.0. The molecule has 3 aliphatic heterocycles. The molecule has 3 saturated heterocycles. The van der Waals surface area contributed by atoms with E-state index >= 15 is 0 Å². The van der Waals surface area contributed by atoms with Crippen LogP contribution in [0.3, 0.4) is 0 Å². The van der Waals surface area contributed by atoms with E-state index in [-0.39, 0.29) is 41.9 Å². The number of hydrogen-bond donors (Lipinski definition) is 0. The van der Waals surface area contributed by atoms with Crippen molar-refractivity contribution in [3.63, 3.8) is 0 Å². The van der Waals surface area contributed by atoms with Crippen LogP contribution in [0.15, 0.2) is 24.3 Å². The molecule has 4 heteroatoms. The van der Waals surface area contributed by atoms with Crippen LogP contribution in [-0.4, -0.2) is 28.9 Å². The van der Waals surface area contributed by atoms with Gasteiger partial charge >= 0.3 is 0 Å². The molecule has 3 heterocycles. The van der Waals surface area contributed by atoms with Crippen molar-refractivity contribution in [3.8, 4) is 0 Å². The zero-order chi connectivity index (χ0) is 15.4. The van der Waals surface area contributed by atoms with Gasteiger partial charge in [-0.3, -0.25) is 14.5 Å². The number of fused-ring (bicyclic) bond motifs is 5. The van der Waals surface area contributed by atoms with Crippen molar-refractivity contribution in [1.29, 1.82) is 0 Å². The molecule has 4 nitrogen and oxygen atoms in total. The van der Waals surface area contributed by atoms with Gasteiger partial charge in [-0.15, -0.1) is 0 Å². The lowest BCUT2D eigenvalue weighted by atomic mass is 9.81. The molecule has 5 atom stereocenters. The molecular weight excluding hydrogens is 278 g/mol. The van der Waals surface area contributed by atoms with Crippen LogP contribution >= 0.6 is 0 Å². The van der Waals surface area contributed by atoms with E-state index in [1.165, 1.54) is 10.5 Å². The molecular formula is C18H21NO3. The number of rotatable bonds is 3. The van der Waals surface area contributed by atoms with Crippen molar-refractivity contribution >= 4 is 11.8 Å². The van der Waals surface area contributed by atoms with Gasteiger partial charge in [0, 0.05) is 0 Å². The van der Waals surface area contributed by atoms with Gasteiger partial charge in [0.2, 0.25) is 11.8 Å². The summed E-state index contributed by atoms with van der Waals surface area (Å²) in [7, 11) is 0. The number of aryl methyl sites for hydroxylation is 1. The van der Waals surface area contributed by atoms with Gasteiger partial charge in [-0.1, -0.05) is 36.8 Å². The highest BCUT2D eigenvalue weighted by Crippen LogP contribution is 2.50. The van der Waals surface area contributed by atoms with Crippen LogP contribution in [0.25, 0.3) is 0 Å². The summed E-state index contributed by atoms with van der Waals surface area (Å²) in [5.41, 5.74) is 2.23. The third-order valence-electron chi connectivity index (χ3n) is 5.48. The molecule has 22 heavy (non-hydrogen) atoms. The molecule has 116 valence electrons. The number of hydrogen-bond acceptors (Lipinski definition) is 3. The third kappa shape index (κ3) is 1.80. The fourth-order valence-corrected chi connectivity index (χ4v) is 4.40. The topological polar surface area (TPSA) is 46.6 Å². The van der Waals surface area contributed by atoms with Crippen LogP contribution in [0.5, 0.6) is 0 Å². The van der Waals surface area contributed by atoms with Gasteiger partial charge in [-0.2, -0.15) is 0 Å². The molecule has 4 rings (SSSR count). The number of likely N-dealkylation sites (tertiary alicyclic amines) is 1. The Kier molecular flexibility index (Phi) is 3.12. The van der Waals surface area contributed by atoms with Crippen LogP contribution < -0.4 is 0 Å². The van der Waals surface area contributed by atoms with Crippen LogP contribution in [0.2, 0.25) is 0 Å². The van der Waals surface area contributed by atoms with E-state index in [9.17, 15) is 9.59 Å². The molecule has 0 aliphatic carbocycles. The van der Waals surface area contributed by atoms with E-state index in [0.29, 0.717) is 0 Å². The minimum absolute atomic E-state index is 0.0189. The lowest BCUT2D eigenvalue weighted by Gasteiger charge is -2.27. The standard InChI is InChI=1S/C18H21NO3/c1-3-12(11-6-4-10(2)5-7-11)19-17(20)15-13-8-9-14(22-13)16(15)18(19)21/h4-7,12-16H,3,8-9H2,1-2H3/t12-,13+,14+,15-,16+/m1/s1. The predicted octanol–water partition coefficient (Wildman–Crippen LogP) is 2.61. The number of benzene rings is 1. The Balaban J connectivity index is 1.68. The number of ether oxygens (including phenoxy) is 1. The molecule has 0 saturated carbocycles. The second kappa shape index (κ2) is 4.92. The van der Waals surface area contributed by atoms with Gasteiger partial charge in [0.15, 0.2) is 0 Å².